The summed E-state index contributed by atoms with van der Waals surface area (Å²) in [5.74, 6) is 0.350. The van der Waals surface area contributed by atoms with Gasteiger partial charge in [-0.1, -0.05) is 57.2 Å². The van der Waals surface area contributed by atoms with E-state index in [0.29, 0.717) is 22.5 Å². The standard InChI is InChI=1S/C25H26N2O4S3/c1-25(2,3)18-14-15-21-22(17-26)24(32-23(21)16-18)27(33(28,29)19-10-6-4-7-11-19)34(30,31)20-12-8-5-9-13-20/h4-13,18H,14-16H2,1-3H3/t18-/m0/s1. The molecule has 0 unspecified atom stereocenters. The van der Waals surface area contributed by atoms with Gasteiger partial charge in [-0.3, -0.25) is 0 Å². The van der Waals surface area contributed by atoms with Crippen LogP contribution in [0.15, 0.2) is 70.5 Å². The van der Waals surface area contributed by atoms with Crippen LogP contribution in [0.3, 0.4) is 0 Å². The molecule has 0 N–H and O–H groups in total. The number of thiophene rings is 1. The summed E-state index contributed by atoms with van der Waals surface area (Å²) in [5.41, 5.74) is 0.937. The lowest BCUT2D eigenvalue weighted by atomic mass is 9.72. The molecule has 1 heterocycles. The zero-order chi connectivity index (χ0) is 24.7. The van der Waals surface area contributed by atoms with Gasteiger partial charge in [-0.15, -0.1) is 15.0 Å². The number of hydrogen-bond donors (Lipinski definition) is 0. The molecule has 178 valence electrons. The maximum Gasteiger partial charge on any atom is 0.278 e. The van der Waals surface area contributed by atoms with E-state index in [-0.39, 0.29) is 25.8 Å². The van der Waals surface area contributed by atoms with Crippen LogP contribution in [-0.4, -0.2) is 16.8 Å². The van der Waals surface area contributed by atoms with Crippen molar-refractivity contribution < 1.29 is 16.8 Å². The molecule has 0 spiro atoms. The maximum absolute atomic E-state index is 13.8. The predicted octanol–water partition coefficient (Wildman–Crippen LogP) is 5.35. The van der Waals surface area contributed by atoms with Crippen LogP contribution < -0.4 is 3.71 Å². The minimum atomic E-state index is -4.53. The summed E-state index contributed by atoms with van der Waals surface area (Å²) in [6, 6.07) is 17.0. The van der Waals surface area contributed by atoms with E-state index in [1.807, 2.05) is 0 Å². The third kappa shape index (κ3) is 4.26. The Morgan fingerprint density at radius 1 is 0.912 bits per heavy atom. The van der Waals surface area contributed by atoms with Crippen LogP contribution in [0.4, 0.5) is 5.00 Å². The quantitative estimate of drug-likeness (QED) is 0.457. The molecule has 34 heavy (non-hydrogen) atoms. The van der Waals surface area contributed by atoms with Gasteiger partial charge < -0.3 is 0 Å². The average Bonchev–Trinajstić information content (AvgIpc) is 3.16. The topological polar surface area (TPSA) is 95.3 Å². The zero-order valence-electron chi connectivity index (χ0n) is 19.2. The fourth-order valence-corrected chi connectivity index (χ4v) is 9.84. The number of fused-ring (bicyclic) bond motifs is 1. The summed E-state index contributed by atoms with van der Waals surface area (Å²) in [6.07, 6.45) is 2.16. The van der Waals surface area contributed by atoms with Gasteiger partial charge in [0.05, 0.1) is 15.4 Å². The molecule has 0 radical (unpaired) electrons. The number of sulfonamides is 2. The van der Waals surface area contributed by atoms with E-state index < -0.39 is 20.0 Å². The third-order valence-corrected chi connectivity index (χ3v) is 11.9. The summed E-state index contributed by atoms with van der Waals surface area (Å²) >= 11 is 1.10. The molecule has 1 atom stereocenters. The highest BCUT2D eigenvalue weighted by Crippen LogP contribution is 2.47. The molecule has 6 nitrogen and oxygen atoms in total. The summed E-state index contributed by atoms with van der Waals surface area (Å²) in [4.78, 5) is 0.573. The van der Waals surface area contributed by atoms with Gasteiger partial charge in [0.25, 0.3) is 20.0 Å². The van der Waals surface area contributed by atoms with Crippen LogP contribution in [0, 0.1) is 22.7 Å². The molecule has 0 saturated heterocycles. The Morgan fingerprint density at radius 3 is 1.85 bits per heavy atom. The fourth-order valence-electron chi connectivity index (χ4n) is 4.28. The lowest BCUT2D eigenvalue weighted by Gasteiger charge is -2.33. The number of anilines is 1. The smallest absolute Gasteiger partial charge is 0.200 e. The lowest BCUT2D eigenvalue weighted by molar-refractivity contribution is 0.218. The molecule has 0 fully saturated rings. The van der Waals surface area contributed by atoms with Crippen molar-refractivity contribution in [3.8, 4) is 6.07 Å². The Labute approximate surface area is 205 Å². The van der Waals surface area contributed by atoms with Gasteiger partial charge in [0.1, 0.15) is 11.1 Å². The van der Waals surface area contributed by atoms with Gasteiger partial charge >= 0.3 is 0 Å². The molecule has 0 aliphatic heterocycles. The van der Waals surface area contributed by atoms with Gasteiger partial charge in [0.2, 0.25) is 0 Å². The molecule has 0 bridgehead atoms. The molecule has 9 heteroatoms. The highest BCUT2D eigenvalue weighted by molar-refractivity contribution is 8.10. The Bertz CT molecular complexity index is 1380. The van der Waals surface area contributed by atoms with Crippen molar-refractivity contribution in [3.63, 3.8) is 0 Å². The number of nitrogens with zero attached hydrogens (tertiary/aromatic N) is 2. The third-order valence-electron chi connectivity index (χ3n) is 6.27. The predicted molar refractivity (Wildman–Crippen MR) is 134 cm³/mol. The first-order valence-electron chi connectivity index (χ1n) is 10.9. The van der Waals surface area contributed by atoms with Crippen LogP contribution in [-0.2, 0) is 32.9 Å². The Morgan fingerprint density at radius 2 is 1.41 bits per heavy atom. The van der Waals surface area contributed by atoms with E-state index in [4.69, 9.17) is 0 Å². The van der Waals surface area contributed by atoms with E-state index in [2.05, 4.69) is 26.8 Å². The average molecular weight is 515 g/mol. The maximum atomic E-state index is 13.8. The Balaban J connectivity index is 1.97. The SMILES string of the molecule is CC(C)(C)[C@H]1CCc2c(sc(N(S(=O)(=O)c3ccccc3)S(=O)(=O)c3ccccc3)c2C#N)C1. The Kier molecular flexibility index (Phi) is 6.36. The summed E-state index contributed by atoms with van der Waals surface area (Å²) in [5, 5.41) is 9.99. The second-order valence-electron chi connectivity index (χ2n) is 9.43. The van der Waals surface area contributed by atoms with Crippen LogP contribution in [0.2, 0.25) is 0 Å². The van der Waals surface area contributed by atoms with Crippen LogP contribution in [0.25, 0.3) is 0 Å². The first-order chi connectivity index (χ1) is 16.0. The molecule has 2 aromatic carbocycles. The summed E-state index contributed by atoms with van der Waals surface area (Å²) in [7, 11) is -9.06. The van der Waals surface area contributed by atoms with Crippen molar-refractivity contribution in [3.05, 3.63) is 76.7 Å². The van der Waals surface area contributed by atoms with Crippen molar-refractivity contribution in [2.24, 2.45) is 11.3 Å². The van der Waals surface area contributed by atoms with Crippen molar-refractivity contribution in [1.29, 1.82) is 5.26 Å². The minimum Gasteiger partial charge on any atom is -0.200 e. The van der Waals surface area contributed by atoms with Crippen molar-refractivity contribution in [2.75, 3.05) is 3.71 Å². The fraction of sp³-hybridized carbons (Fsp3) is 0.320. The largest absolute Gasteiger partial charge is 0.278 e. The first-order valence-corrected chi connectivity index (χ1v) is 14.6. The second-order valence-corrected chi connectivity index (χ2v) is 14.3. The summed E-state index contributed by atoms with van der Waals surface area (Å²) in [6.45, 7) is 6.48. The monoisotopic (exact) mass is 514 g/mol. The van der Waals surface area contributed by atoms with Gasteiger partial charge in [0.15, 0.2) is 0 Å². The Hall–Kier alpha value is -2.67. The van der Waals surface area contributed by atoms with E-state index in [1.54, 1.807) is 36.4 Å². The van der Waals surface area contributed by atoms with Gasteiger partial charge in [-0.25, -0.2) is 0 Å². The molecule has 4 rings (SSSR count). The van der Waals surface area contributed by atoms with Gasteiger partial charge in [-0.05, 0) is 60.4 Å². The number of nitriles is 1. The van der Waals surface area contributed by atoms with E-state index >= 15 is 0 Å². The molecule has 0 saturated carbocycles. The highest BCUT2D eigenvalue weighted by Gasteiger charge is 2.42. The van der Waals surface area contributed by atoms with Gasteiger partial charge in [-0.2, -0.15) is 22.1 Å². The molecule has 3 aromatic rings. The highest BCUT2D eigenvalue weighted by atomic mass is 32.3. The van der Waals surface area contributed by atoms with Crippen LogP contribution in [0.5, 0.6) is 0 Å². The molecule has 1 aliphatic rings. The van der Waals surface area contributed by atoms with Crippen molar-refractivity contribution in [2.45, 2.75) is 49.8 Å². The zero-order valence-corrected chi connectivity index (χ0v) is 21.7. The van der Waals surface area contributed by atoms with E-state index in [1.165, 1.54) is 24.3 Å². The second kappa shape index (κ2) is 8.84. The van der Waals surface area contributed by atoms with E-state index in [9.17, 15) is 22.1 Å². The first kappa shape index (κ1) is 24.5. The van der Waals surface area contributed by atoms with Crippen LogP contribution in [0.1, 0.15) is 43.2 Å². The summed E-state index contributed by atoms with van der Waals surface area (Å²) < 4.78 is 55.7. The van der Waals surface area contributed by atoms with Gasteiger partial charge in [0, 0.05) is 4.88 Å². The normalized spacial score (nSPS) is 16.5. The number of rotatable bonds is 5. The molecular formula is C25H26N2O4S3. The molecular weight excluding hydrogens is 488 g/mol. The van der Waals surface area contributed by atoms with Crippen molar-refractivity contribution in [1.82, 2.24) is 0 Å². The lowest BCUT2D eigenvalue weighted by Crippen LogP contribution is -2.37. The number of benzene rings is 2. The molecule has 0 amide bonds. The molecule has 1 aliphatic carbocycles. The number of hydrogen-bond acceptors (Lipinski definition) is 6. The molecule has 1 aromatic heterocycles. The minimum absolute atomic E-state index is 0.0422. The van der Waals surface area contributed by atoms with E-state index in [0.717, 1.165) is 28.2 Å². The van der Waals surface area contributed by atoms with Crippen LogP contribution >= 0.6 is 11.3 Å². The van der Waals surface area contributed by atoms with Crippen molar-refractivity contribution >= 4 is 36.4 Å².